The van der Waals surface area contributed by atoms with Crippen LogP contribution in [-0.4, -0.2) is 55.5 Å². The van der Waals surface area contributed by atoms with Gasteiger partial charge in [-0.3, -0.25) is 0 Å². The van der Waals surface area contributed by atoms with E-state index in [1.807, 2.05) is 0 Å². The van der Waals surface area contributed by atoms with Crippen molar-refractivity contribution in [2.75, 3.05) is 32.7 Å². The molecule has 1 aliphatic heterocycles. The molecule has 1 aliphatic rings. The molecular weight excluding hydrogens is 280 g/mol. The largest absolute Gasteiger partial charge is 0.462 e. The summed E-state index contributed by atoms with van der Waals surface area (Å²) in [5.74, 6) is 0.621. The lowest BCUT2D eigenvalue weighted by Gasteiger charge is -2.33. The second-order valence-electron chi connectivity index (χ2n) is 5.04. The van der Waals surface area contributed by atoms with Gasteiger partial charge in [0.2, 0.25) is 10.0 Å². The normalized spacial score (nSPS) is 18.6. The number of aliphatic hydroxyl groups is 1. The van der Waals surface area contributed by atoms with Crippen LogP contribution >= 0.6 is 0 Å². The molecule has 7 heteroatoms. The maximum absolute atomic E-state index is 12.6. The Morgan fingerprint density at radius 2 is 1.95 bits per heavy atom. The summed E-state index contributed by atoms with van der Waals surface area (Å²) >= 11 is 0. The molecular formula is C13H22N2O4S. The quantitative estimate of drug-likeness (QED) is 0.871. The number of sulfonamides is 1. The summed E-state index contributed by atoms with van der Waals surface area (Å²) in [4.78, 5) is 2.44. The topological polar surface area (TPSA) is 74.0 Å². The molecule has 1 aromatic heterocycles. The van der Waals surface area contributed by atoms with Crippen LogP contribution in [-0.2, 0) is 16.6 Å². The molecule has 2 rings (SSSR count). The van der Waals surface area contributed by atoms with E-state index in [1.54, 1.807) is 6.92 Å². The third-order valence-electron chi connectivity index (χ3n) is 3.57. The van der Waals surface area contributed by atoms with Gasteiger partial charge in [0.05, 0.1) is 0 Å². The van der Waals surface area contributed by atoms with Gasteiger partial charge in [-0.1, -0.05) is 6.92 Å². The lowest BCUT2D eigenvalue weighted by atomic mass is 10.3. The van der Waals surface area contributed by atoms with Crippen LogP contribution in [0.2, 0.25) is 0 Å². The molecule has 20 heavy (non-hydrogen) atoms. The molecule has 0 atom stereocenters. The number of rotatable bonds is 5. The summed E-state index contributed by atoms with van der Waals surface area (Å²) in [6.07, 6.45) is 1.08. The zero-order valence-corrected chi connectivity index (χ0v) is 12.8. The Morgan fingerprint density at radius 1 is 1.30 bits per heavy atom. The number of aryl methyl sites for hydroxylation is 1. The van der Waals surface area contributed by atoms with E-state index >= 15 is 0 Å². The molecule has 0 unspecified atom stereocenters. The predicted molar refractivity (Wildman–Crippen MR) is 74.9 cm³/mol. The van der Waals surface area contributed by atoms with Gasteiger partial charge in [0.15, 0.2) is 0 Å². The molecule has 1 N–H and O–H groups in total. The Balaban J connectivity index is 2.13. The highest BCUT2D eigenvalue weighted by Gasteiger charge is 2.31. The van der Waals surface area contributed by atoms with Crippen molar-refractivity contribution >= 4 is 10.0 Å². The van der Waals surface area contributed by atoms with E-state index in [4.69, 9.17) is 9.52 Å². The molecule has 0 aliphatic carbocycles. The fourth-order valence-electron chi connectivity index (χ4n) is 2.51. The monoisotopic (exact) mass is 302 g/mol. The molecule has 6 nitrogen and oxygen atoms in total. The Bertz CT molecular complexity index is 545. The van der Waals surface area contributed by atoms with Crippen molar-refractivity contribution in [3.63, 3.8) is 0 Å². The van der Waals surface area contributed by atoms with Gasteiger partial charge in [0.1, 0.15) is 23.0 Å². The van der Waals surface area contributed by atoms with Crippen LogP contribution in [0.1, 0.15) is 24.9 Å². The molecule has 1 fully saturated rings. The van der Waals surface area contributed by atoms with Gasteiger partial charge in [-0.05, 0) is 19.9 Å². The van der Waals surface area contributed by atoms with Crippen molar-refractivity contribution in [3.8, 4) is 0 Å². The van der Waals surface area contributed by atoms with Crippen LogP contribution in [0.15, 0.2) is 15.4 Å². The zero-order valence-electron chi connectivity index (χ0n) is 12.0. The van der Waals surface area contributed by atoms with E-state index in [0.717, 1.165) is 26.1 Å². The molecule has 1 aromatic rings. The van der Waals surface area contributed by atoms with Crippen molar-refractivity contribution in [3.05, 3.63) is 17.6 Å². The zero-order chi connectivity index (χ0) is 14.8. The van der Waals surface area contributed by atoms with Crippen molar-refractivity contribution in [1.82, 2.24) is 9.21 Å². The van der Waals surface area contributed by atoms with Crippen molar-refractivity contribution < 1.29 is 17.9 Å². The van der Waals surface area contributed by atoms with E-state index in [1.165, 1.54) is 10.4 Å². The van der Waals surface area contributed by atoms with Crippen molar-refractivity contribution in [2.24, 2.45) is 0 Å². The van der Waals surface area contributed by atoms with E-state index in [-0.39, 0.29) is 17.3 Å². The van der Waals surface area contributed by atoms with Gasteiger partial charge in [-0.25, -0.2) is 8.42 Å². The van der Waals surface area contributed by atoms with Gasteiger partial charge in [0.25, 0.3) is 0 Å². The number of nitrogens with zero attached hydrogens (tertiary/aromatic N) is 2. The van der Waals surface area contributed by atoms with Gasteiger partial charge < -0.3 is 14.4 Å². The highest BCUT2D eigenvalue weighted by molar-refractivity contribution is 7.89. The van der Waals surface area contributed by atoms with E-state index in [0.29, 0.717) is 18.8 Å². The molecule has 0 amide bonds. The highest BCUT2D eigenvalue weighted by Crippen LogP contribution is 2.24. The summed E-state index contributed by atoms with van der Waals surface area (Å²) in [5, 5.41) is 9.04. The summed E-state index contributed by atoms with van der Waals surface area (Å²) in [6.45, 7) is 6.97. The maximum atomic E-state index is 12.6. The number of piperazine rings is 1. The third kappa shape index (κ3) is 3.06. The number of hydrogen-bond donors (Lipinski definition) is 1. The second-order valence-corrected chi connectivity index (χ2v) is 6.94. The first-order chi connectivity index (χ1) is 9.48. The van der Waals surface area contributed by atoms with Crippen molar-refractivity contribution in [1.29, 1.82) is 0 Å². The maximum Gasteiger partial charge on any atom is 0.246 e. The lowest BCUT2D eigenvalue weighted by molar-refractivity contribution is 0.188. The molecule has 0 saturated carbocycles. The van der Waals surface area contributed by atoms with Gasteiger partial charge in [0, 0.05) is 32.2 Å². The van der Waals surface area contributed by atoms with Crippen LogP contribution in [0.4, 0.5) is 0 Å². The molecule has 2 heterocycles. The van der Waals surface area contributed by atoms with Gasteiger partial charge in [-0.15, -0.1) is 0 Å². The number of aliphatic hydroxyl groups excluding tert-OH is 1. The summed E-state index contributed by atoms with van der Waals surface area (Å²) in [7, 11) is -3.52. The van der Waals surface area contributed by atoms with E-state index in [9.17, 15) is 8.42 Å². The smallest absolute Gasteiger partial charge is 0.246 e. The van der Waals surface area contributed by atoms with Gasteiger partial charge >= 0.3 is 0 Å². The Morgan fingerprint density at radius 3 is 2.45 bits per heavy atom. The van der Waals surface area contributed by atoms with Crippen LogP contribution < -0.4 is 0 Å². The average molecular weight is 302 g/mol. The predicted octanol–water partition coefficient (Wildman–Crippen LogP) is 0.797. The van der Waals surface area contributed by atoms with Crippen LogP contribution in [0.5, 0.6) is 0 Å². The summed E-state index contributed by atoms with van der Waals surface area (Å²) < 4.78 is 31.9. The van der Waals surface area contributed by atoms with Crippen molar-refractivity contribution in [2.45, 2.75) is 31.8 Å². The van der Waals surface area contributed by atoms with Crippen LogP contribution in [0.25, 0.3) is 0 Å². The number of hydrogen-bond acceptors (Lipinski definition) is 5. The first kappa shape index (κ1) is 15.5. The fourth-order valence-corrected chi connectivity index (χ4v) is 4.11. The molecule has 0 bridgehead atoms. The minimum atomic E-state index is -3.52. The SMILES string of the molecule is CCCN1CCN(S(=O)(=O)c2cc(CO)oc2C)CC1. The average Bonchev–Trinajstić information content (AvgIpc) is 2.82. The van der Waals surface area contributed by atoms with E-state index < -0.39 is 10.0 Å². The Labute approximate surface area is 120 Å². The lowest BCUT2D eigenvalue weighted by Crippen LogP contribution is -2.48. The Hall–Kier alpha value is -0.890. The molecule has 114 valence electrons. The first-order valence-corrected chi connectivity index (χ1v) is 8.35. The standard InChI is InChI=1S/C13H22N2O4S/c1-3-4-14-5-7-15(8-6-14)20(17,18)13-9-12(10-16)19-11(13)2/h9,16H,3-8,10H2,1-2H3. The number of furan rings is 1. The molecule has 0 aromatic carbocycles. The minimum absolute atomic E-state index is 0.172. The minimum Gasteiger partial charge on any atom is -0.462 e. The first-order valence-electron chi connectivity index (χ1n) is 6.91. The third-order valence-corrected chi connectivity index (χ3v) is 5.57. The van der Waals surface area contributed by atoms with E-state index in [2.05, 4.69) is 11.8 Å². The Kier molecular flexibility index (Phi) is 4.85. The molecule has 1 saturated heterocycles. The summed E-state index contributed by atoms with van der Waals surface area (Å²) in [6, 6.07) is 1.42. The molecule has 0 radical (unpaired) electrons. The second kappa shape index (κ2) is 6.26. The highest BCUT2D eigenvalue weighted by atomic mass is 32.2. The van der Waals surface area contributed by atoms with Crippen LogP contribution in [0.3, 0.4) is 0 Å². The molecule has 0 spiro atoms. The van der Waals surface area contributed by atoms with Gasteiger partial charge in [-0.2, -0.15) is 4.31 Å². The van der Waals surface area contributed by atoms with Crippen LogP contribution in [0, 0.1) is 6.92 Å². The summed E-state index contributed by atoms with van der Waals surface area (Å²) in [5.41, 5.74) is 0. The fraction of sp³-hybridized carbons (Fsp3) is 0.692.